The molecule has 0 unspecified atom stereocenters. The number of methoxy groups -OCH3 is 1. The van der Waals surface area contributed by atoms with E-state index in [1.54, 1.807) is 43.8 Å². The first-order valence-electron chi connectivity index (χ1n) is 17.6. The summed E-state index contributed by atoms with van der Waals surface area (Å²) < 4.78 is 9.39. The van der Waals surface area contributed by atoms with Gasteiger partial charge < -0.3 is 25.3 Å². The number of halogens is 2. The van der Waals surface area contributed by atoms with Crippen LogP contribution >= 0.6 is 23.2 Å². The Morgan fingerprint density at radius 3 is 2.72 bits per heavy atom. The van der Waals surface area contributed by atoms with Gasteiger partial charge in [0.2, 0.25) is 17.6 Å². The van der Waals surface area contributed by atoms with Crippen molar-refractivity contribution >= 4 is 46.5 Å². The van der Waals surface area contributed by atoms with E-state index in [0.717, 1.165) is 42.0 Å². The SMILES string of the molecule is COc1nc(-c2ccnc(-c3cccc(NC(=O)c4nc5c(n4C)CCN(Cc4cn6cccnc6n4)C5)c3Cl)c2Cl)ccc1CNC[C@H]1CCC(=O)N1. The molecule has 0 spiro atoms. The molecular weight excluding hydrogens is 729 g/mol. The number of hydrogen-bond acceptors (Lipinski definition) is 10. The van der Waals surface area contributed by atoms with E-state index in [1.807, 2.05) is 46.6 Å². The van der Waals surface area contributed by atoms with Crippen LogP contribution in [0.1, 0.15) is 46.1 Å². The smallest absolute Gasteiger partial charge is 0.291 e. The van der Waals surface area contributed by atoms with Gasteiger partial charge in [-0.05, 0) is 30.7 Å². The monoisotopic (exact) mass is 765 g/mol. The molecule has 1 saturated heterocycles. The lowest BCUT2D eigenvalue weighted by Crippen LogP contribution is -2.35. The van der Waals surface area contributed by atoms with E-state index < -0.39 is 0 Å². The number of carbonyl (C=O) groups is 2. The Kier molecular flexibility index (Phi) is 9.99. The van der Waals surface area contributed by atoms with E-state index in [1.165, 1.54) is 0 Å². The molecule has 1 fully saturated rings. The number of nitrogens with zero attached hydrogens (tertiary/aromatic N) is 8. The highest BCUT2D eigenvalue weighted by atomic mass is 35.5. The third kappa shape index (κ3) is 7.12. The van der Waals surface area contributed by atoms with Gasteiger partial charge in [0.25, 0.3) is 5.91 Å². The summed E-state index contributed by atoms with van der Waals surface area (Å²) >= 11 is 14.0. The number of imidazole rings is 2. The zero-order chi connectivity index (χ0) is 37.3. The molecule has 3 N–H and O–H groups in total. The van der Waals surface area contributed by atoms with Crippen molar-refractivity contribution in [2.45, 2.75) is 44.9 Å². The van der Waals surface area contributed by atoms with Crippen LogP contribution in [-0.4, -0.2) is 76.8 Å². The molecule has 14 nitrogen and oxygen atoms in total. The first-order valence-corrected chi connectivity index (χ1v) is 18.4. The quantitative estimate of drug-likeness (QED) is 0.163. The van der Waals surface area contributed by atoms with Crippen molar-refractivity contribution in [3.05, 3.63) is 106 Å². The lowest BCUT2D eigenvalue weighted by atomic mass is 10.1. The second kappa shape index (κ2) is 15.1. The zero-order valence-electron chi connectivity index (χ0n) is 29.6. The van der Waals surface area contributed by atoms with Crippen molar-refractivity contribution in [1.29, 1.82) is 0 Å². The predicted octanol–water partition coefficient (Wildman–Crippen LogP) is 5.08. The van der Waals surface area contributed by atoms with E-state index in [2.05, 4.69) is 35.8 Å². The van der Waals surface area contributed by atoms with Gasteiger partial charge in [0.15, 0.2) is 5.82 Å². The van der Waals surface area contributed by atoms with Crippen LogP contribution in [0, 0.1) is 0 Å². The van der Waals surface area contributed by atoms with Gasteiger partial charge >= 0.3 is 0 Å². The van der Waals surface area contributed by atoms with Crippen molar-refractivity contribution in [3.8, 4) is 28.4 Å². The molecule has 0 saturated carbocycles. The molecule has 7 heterocycles. The molecular formula is C38H37Cl2N11O3. The standard InChI is InChI=1S/C38H37Cl2N11O3/c1-49-30-12-16-50(19-24-20-51-15-4-13-43-38(51)45-24)21-29(30)46-35(49)36(53)47-28-6-3-5-26(32(28)39)34-33(40)25(11-14-42-34)27-9-7-22(37(48-27)54-2)17-41-18-23-8-10-31(52)44-23/h3-7,9,11,13-15,20,23,41H,8,10,12,16-19,21H2,1-2H3,(H,44,52)(H,47,53)/t23-/m1/s1. The Morgan fingerprint density at radius 2 is 1.91 bits per heavy atom. The van der Waals surface area contributed by atoms with Crippen LogP contribution in [0.5, 0.6) is 5.88 Å². The van der Waals surface area contributed by atoms with E-state index >= 15 is 0 Å². The third-order valence-electron chi connectivity index (χ3n) is 9.80. The van der Waals surface area contributed by atoms with Gasteiger partial charge in [0.1, 0.15) is 0 Å². The molecule has 276 valence electrons. The van der Waals surface area contributed by atoms with Crippen LogP contribution in [0.3, 0.4) is 0 Å². The fourth-order valence-electron chi connectivity index (χ4n) is 7.07. The van der Waals surface area contributed by atoms with Crippen molar-refractivity contribution in [3.63, 3.8) is 0 Å². The van der Waals surface area contributed by atoms with Crippen molar-refractivity contribution < 1.29 is 14.3 Å². The summed E-state index contributed by atoms with van der Waals surface area (Å²) in [7, 11) is 3.43. The number of aromatic nitrogens is 7. The summed E-state index contributed by atoms with van der Waals surface area (Å²) in [5.74, 6) is 1.12. The molecule has 2 aliphatic heterocycles. The Labute approximate surface area is 320 Å². The van der Waals surface area contributed by atoms with Crippen LogP contribution in [0.15, 0.2) is 67.3 Å². The number of ether oxygens (including phenoxy) is 1. The molecule has 6 aromatic rings. The maximum absolute atomic E-state index is 13.7. The van der Waals surface area contributed by atoms with Crippen LogP contribution < -0.4 is 20.7 Å². The Balaban J connectivity index is 0.971. The molecule has 0 radical (unpaired) electrons. The van der Waals surface area contributed by atoms with Gasteiger partial charge in [-0.1, -0.05) is 41.4 Å². The fraction of sp³-hybridized carbons (Fsp3) is 0.289. The summed E-state index contributed by atoms with van der Waals surface area (Å²) in [4.78, 5) is 50.5. The number of hydrogen-bond donors (Lipinski definition) is 3. The second-order valence-corrected chi connectivity index (χ2v) is 14.1. The number of carbonyl (C=O) groups excluding carboxylic acids is 2. The number of amides is 2. The van der Waals surface area contributed by atoms with Crippen LogP contribution in [0.2, 0.25) is 10.0 Å². The maximum Gasteiger partial charge on any atom is 0.291 e. The molecule has 16 heteroatoms. The number of anilines is 1. The fourth-order valence-corrected chi connectivity index (χ4v) is 7.64. The maximum atomic E-state index is 13.7. The van der Waals surface area contributed by atoms with Crippen LogP contribution in [0.4, 0.5) is 5.69 Å². The van der Waals surface area contributed by atoms with Crippen LogP contribution in [0.25, 0.3) is 28.3 Å². The molecule has 1 atom stereocenters. The summed E-state index contributed by atoms with van der Waals surface area (Å²) in [5, 5.41) is 9.94. The van der Waals surface area contributed by atoms with Crippen molar-refractivity contribution in [2.75, 3.05) is 25.5 Å². The summed E-state index contributed by atoms with van der Waals surface area (Å²) in [5.41, 5.74) is 6.30. The minimum atomic E-state index is -0.379. The van der Waals surface area contributed by atoms with Gasteiger partial charge in [-0.25, -0.2) is 19.9 Å². The first-order chi connectivity index (χ1) is 26.2. The summed E-state index contributed by atoms with van der Waals surface area (Å²) in [6.45, 7) is 3.23. The average molecular weight is 767 g/mol. The van der Waals surface area contributed by atoms with Gasteiger partial charge in [0, 0.05) is 106 Å². The number of pyridine rings is 2. The topological polar surface area (TPSA) is 156 Å². The van der Waals surface area contributed by atoms with Gasteiger partial charge in [-0.15, -0.1) is 0 Å². The number of rotatable bonds is 11. The van der Waals surface area contributed by atoms with Gasteiger partial charge in [-0.3, -0.25) is 23.9 Å². The van der Waals surface area contributed by atoms with Crippen LogP contribution in [-0.2, 0) is 37.9 Å². The minimum absolute atomic E-state index is 0.0854. The Bertz CT molecular complexity index is 2360. The third-order valence-corrected chi connectivity index (χ3v) is 10.6. The number of nitrogens with one attached hydrogen (secondary N) is 3. The Hall–Kier alpha value is -5.41. The lowest BCUT2D eigenvalue weighted by Gasteiger charge is -2.25. The van der Waals surface area contributed by atoms with E-state index in [9.17, 15) is 9.59 Å². The molecule has 8 rings (SSSR count). The highest BCUT2D eigenvalue weighted by molar-refractivity contribution is 6.39. The summed E-state index contributed by atoms with van der Waals surface area (Å²) in [6, 6.07) is 12.9. The number of fused-ring (bicyclic) bond motifs is 2. The Morgan fingerprint density at radius 1 is 1.02 bits per heavy atom. The molecule has 5 aromatic heterocycles. The molecule has 2 amide bonds. The highest BCUT2D eigenvalue weighted by Gasteiger charge is 2.27. The molecule has 54 heavy (non-hydrogen) atoms. The average Bonchev–Trinajstić information content (AvgIpc) is 3.88. The predicted molar refractivity (Wildman–Crippen MR) is 204 cm³/mol. The van der Waals surface area contributed by atoms with E-state index in [0.29, 0.717) is 83.3 Å². The largest absolute Gasteiger partial charge is 0.481 e. The summed E-state index contributed by atoms with van der Waals surface area (Å²) in [6.07, 6.45) is 9.41. The zero-order valence-corrected chi connectivity index (χ0v) is 31.2. The normalized spacial score (nSPS) is 15.7. The van der Waals surface area contributed by atoms with Crippen molar-refractivity contribution in [1.82, 2.24) is 49.4 Å². The molecule has 1 aromatic carbocycles. The number of benzene rings is 1. The van der Waals surface area contributed by atoms with E-state index in [4.69, 9.17) is 37.9 Å². The second-order valence-electron chi connectivity index (χ2n) is 13.3. The van der Waals surface area contributed by atoms with Gasteiger partial charge in [0.05, 0.1) is 45.6 Å². The molecule has 0 aliphatic carbocycles. The van der Waals surface area contributed by atoms with E-state index in [-0.39, 0.29) is 22.9 Å². The lowest BCUT2D eigenvalue weighted by molar-refractivity contribution is -0.119. The molecule has 0 bridgehead atoms. The van der Waals surface area contributed by atoms with Gasteiger partial charge in [-0.2, -0.15) is 0 Å². The molecule has 2 aliphatic rings. The van der Waals surface area contributed by atoms with Crippen molar-refractivity contribution in [2.24, 2.45) is 7.05 Å². The highest BCUT2D eigenvalue weighted by Crippen LogP contribution is 2.40. The first kappa shape index (κ1) is 35.6. The minimum Gasteiger partial charge on any atom is -0.481 e.